The van der Waals surface area contributed by atoms with Gasteiger partial charge in [0.2, 0.25) is 0 Å². The fourth-order valence-corrected chi connectivity index (χ4v) is 2.03. The molecule has 1 aromatic rings. The van der Waals surface area contributed by atoms with Crippen molar-refractivity contribution in [3.05, 3.63) is 29.0 Å². The van der Waals surface area contributed by atoms with Gasteiger partial charge in [-0.05, 0) is 36.3 Å². The number of hydrogen-bond donors (Lipinski definition) is 0. The molecule has 0 aromatic carbocycles. The molecule has 0 saturated heterocycles. The lowest BCUT2D eigenvalue weighted by Gasteiger charge is -2.11. The molecule has 1 aliphatic rings. The van der Waals surface area contributed by atoms with Gasteiger partial charge in [-0.3, -0.25) is 4.98 Å². The molecule has 3 heteroatoms. The van der Waals surface area contributed by atoms with Crippen molar-refractivity contribution >= 4 is 23.2 Å². The highest BCUT2D eigenvalue weighted by molar-refractivity contribution is 6.31. The van der Waals surface area contributed by atoms with Crippen molar-refractivity contribution in [2.24, 2.45) is 5.41 Å². The molecule has 0 N–H and O–H groups in total. The van der Waals surface area contributed by atoms with Crippen LogP contribution in [-0.2, 0) is 6.42 Å². The van der Waals surface area contributed by atoms with E-state index < -0.39 is 0 Å². The second-order valence-electron chi connectivity index (χ2n) is 3.78. The van der Waals surface area contributed by atoms with E-state index in [2.05, 4.69) is 4.98 Å². The number of alkyl halides is 1. The third-order valence-corrected chi connectivity index (χ3v) is 3.57. The van der Waals surface area contributed by atoms with Crippen LogP contribution in [0, 0.1) is 5.41 Å². The van der Waals surface area contributed by atoms with Crippen molar-refractivity contribution in [3.8, 4) is 0 Å². The average Bonchev–Trinajstić information content (AvgIpc) is 2.90. The minimum atomic E-state index is 0.340. The molecule has 2 rings (SSSR count). The second-order valence-corrected chi connectivity index (χ2v) is 4.45. The number of pyridine rings is 1. The summed E-state index contributed by atoms with van der Waals surface area (Å²) < 4.78 is 0. The predicted octanol–water partition coefficient (Wildman–Crippen LogP) is 3.30. The molecule has 0 atom stereocenters. The zero-order valence-corrected chi connectivity index (χ0v) is 8.78. The summed E-state index contributed by atoms with van der Waals surface area (Å²) >= 11 is 11.9. The largest absolute Gasteiger partial charge is 0.263 e. The molecule has 1 nitrogen and oxygen atoms in total. The maximum Gasteiger partial charge on any atom is 0.0621 e. The summed E-state index contributed by atoms with van der Waals surface area (Å²) in [7, 11) is 0. The minimum Gasteiger partial charge on any atom is -0.263 e. The molecule has 1 aromatic heterocycles. The van der Waals surface area contributed by atoms with E-state index >= 15 is 0 Å². The van der Waals surface area contributed by atoms with Gasteiger partial charge in [0.05, 0.1) is 5.02 Å². The lowest BCUT2D eigenvalue weighted by atomic mass is 9.99. The normalized spacial score (nSPS) is 18.6. The van der Waals surface area contributed by atoms with Gasteiger partial charge in [0, 0.05) is 18.3 Å². The zero-order valence-electron chi connectivity index (χ0n) is 7.26. The molecule has 0 spiro atoms. The van der Waals surface area contributed by atoms with Gasteiger partial charge in [-0.15, -0.1) is 11.6 Å². The van der Waals surface area contributed by atoms with E-state index in [-0.39, 0.29) is 0 Å². The Bertz CT molecular complexity index is 308. The Balaban J connectivity index is 2.14. The molecule has 70 valence electrons. The first-order valence-electron chi connectivity index (χ1n) is 4.40. The molecule has 1 heterocycles. The molecule has 0 radical (unpaired) electrons. The molecule has 0 amide bonds. The van der Waals surface area contributed by atoms with Crippen LogP contribution in [-0.4, -0.2) is 10.9 Å². The summed E-state index contributed by atoms with van der Waals surface area (Å²) in [6.07, 6.45) is 6.94. The highest BCUT2D eigenvalue weighted by atomic mass is 35.5. The van der Waals surface area contributed by atoms with E-state index in [9.17, 15) is 0 Å². The predicted molar refractivity (Wildman–Crippen MR) is 55.3 cm³/mol. The monoisotopic (exact) mass is 215 g/mol. The van der Waals surface area contributed by atoms with Crippen molar-refractivity contribution in [2.75, 3.05) is 5.88 Å². The topological polar surface area (TPSA) is 12.9 Å². The van der Waals surface area contributed by atoms with Crippen molar-refractivity contribution in [2.45, 2.75) is 19.3 Å². The first-order valence-corrected chi connectivity index (χ1v) is 5.31. The summed E-state index contributed by atoms with van der Waals surface area (Å²) in [6, 6.07) is 1.98. The van der Waals surface area contributed by atoms with Gasteiger partial charge < -0.3 is 0 Å². The number of halogens is 2. The van der Waals surface area contributed by atoms with Crippen LogP contribution in [0.25, 0.3) is 0 Å². The quantitative estimate of drug-likeness (QED) is 0.706. The van der Waals surface area contributed by atoms with Gasteiger partial charge in [-0.1, -0.05) is 11.6 Å². The first kappa shape index (κ1) is 9.29. The lowest BCUT2D eigenvalue weighted by Crippen LogP contribution is -2.06. The highest BCUT2D eigenvalue weighted by Gasteiger charge is 2.41. The van der Waals surface area contributed by atoms with Crippen LogP contribution >= 0.6 is 23.2 Å². The summed E-state index contributed by atoms with van der Waals surface area (Å²) in [4.78, 5) is 3.96. The highest BCUT2D eigenvalue weighted by Crippen LogP contribution is 2.49. The number of hydrogen-bond acceptors (Lipinski definition) is 1. The Morgan fingerprint density at radius 2 is 2.23 bits per heavy atom. The van der Waals surface area contributed by atoms with Crippen LogP contribution in [0.1, 0.15) is 18.4 Å². The molecular formula is C10H11Cl2N. The van der Waals surface area contributed by atoms with E-state index in [4.69, 9.17) is 23.2 Å². The van der Waals surface area contributed by atoms with Crippen LogP contribution in [0.2, 0.25) is 5.02 Å². The van der Waals surface area contributed by atoms with Crippen LogP contribution in [0.15, 0.2) is 18.5 Å². The number of rotatable bonds is 3. The minimum absolute atomic E-state index is 0.340. The number of aromatic nitrogens is 1. The van der Waals surface area contributed by atoms with Gasteiger partial charge in [0.1, 0.15) is 0 Å². The SMILES string of the molecule is ClCC1(Cc2ccncc2Cl)CC1. The average molecular weight is 216 g/mol. The molecule has 13 heavy (non-hydrogen) atoms. The van der Waals surface area contributed by atoms with Crippen LogP contribution < -0.4 is 0 Å². The Labute approximate surface area is 88.1 Å². The van der Waals surface area contributed by atoms with Crippen molar-refractivity contribution in [1.29, 1.82) is 0 Å². The standard InChI is InChI=1S/C10H11Cl2N/c11-7-10(2-3-10)5-8-1-4-13-6-9(8)12/h1,4,6H,2-3,5,7H2. The summed E-state index contributed by atoms with van der Waals surface area (Å²) in [6.45, 7) is 0. The molecule has 0 bridgehead atoms. The lowest BCUT2D eigenvalue weighted by molar-refractivity contribution is 0.578. The molecule has 1 saturated carbocycles. The number of nitrogens with zero attached hydrogens (tertiary/aromatic N) is 1. The summed E-state index contributed by atoms with van der Waals surface area (Å²) in [5.74, 6) is 0.742. The molecular weight excluding hydrogens is 205 g/mol. The van der Waals surface area contributed by atoms with E-state index in [1.807, 2.05) is 6.07 Å². The summed E-state index contributed by atoms with van der Waals surface area (Å²) in [5.41, 5.74) is 1.52. The second kappa shape index (κ2) is 3.47. The van der Waals surface area contributed by atoms with Crippen LogP contribution in [0.5, 0.6) is 0 Å². The van der Waals surface area contributed by atoms with Crippen LogP contribution in [0.4, 0.5) is 0 Å². The fourth-order valence-electron chi connectivity index (χ4n) is 1.49. The van der Waals surface area contributed by atoms with Gasteiger partial charge >= 0.3 is 0 Å². The smallest absolute Gasteiger partial charge is 0.0621 e. The van der Waals surface area contributed by atoms with E-state index in [0.717, 1.165) is 17.3 Å². The molecule has 1 fully saturated rings. The molecule has 0 aliphatic heterocycles. The van der Waals surface area contributed by atoms with E-state index in [0.29, 0.717) is 5.41 Å². The van der Waals surface area contributed by atoms with Crippen molar-refractivity contribution < 1.29 is 0 Å². The maximum absolute atomic E-state index is 6.01. The Morgan fingerprint density at radius 3 is 2.77 bits per heavy atom. The fraction of sp³-hybridized carbons (Fsp3) is 0.500. The van der Waals surface area contributed by atoms with Gasteiger partial charge in [0.25, 0.3) is 0 Å². The Kier molecular flexibility index (Phi) is 2.48. The zero-order chi connectivity index (χ0) is 9.31. The third-order valence-electron chi connectivity index (χ3n) is 2.66. The Hall–Kier alpha value is -0.270. The van der Waals surface area contributed by atoms with Crippen LogP contribution in [0.3, 0.4) is 0 Å². The van der Waals surface area contributed by atoms with Gasteiger partial charge in [0.15, 0.2) is 0 Å². The maximum atomic E-state index is 6.01. The first-order chi connectivity index (χ1) is 6.26. The van der Waals surface area contributed by atoms with Crippen molar-refractivity contribution in [3.63, 3.8) is 0 Å². The molecule has 1 aliphatic carbocycles. The van der Waals surface area contributed by atoms with Gasteiger partial charge in [-0.25, -0.2) is 0 Å². The summed E-state index contributed by atoms with van der Waals surface area (Å²) in [5, 5.41) is 0.763. The van der Waals surface area contributed by atoms with E-state index in [1.165, 1.54) is 18.4 Å². The molecule has 0 unspecified atom stereocenters. The van der Waals surface area contributed by atoms with E-state index in [1.54, 1.807) is 12.4 Å². The Morgan fingerprint density at radius 1 is 1.46 bits per heavy atom. The van der Waals surface area contributed by atoms with Crippen molar-refractivity contribution in [1.82, 2.24) is 4.98 Å². The third kappa shape index (κ3) is 1.97. The van der Waals surface area contributed by atoms with Gasteiger partial charge in [-0.2, -0.15) is 0 Å².